The SMILES string of the molecule is CCCCCCCC(=O)[O-].CCCCCCCC(=O)[O-].CCCCCCCC(=O)[O-].[CH3][Sn+3]. The Morgan fingerprint density at radius 1 is 0.438 bits per heavy atom. The van der Waals surface area contributed by atoms with E-state index in [0.29, 0.717) is 0 Å². The molecule has 0 bridgehead atoms. The molecule has 6 nitrogen and oxygen atoms in total. The Bertz CT molecular complexity index is 332. The predicted octanol–water partition coefficient (Wildman–Crippen LogP) is 3.49. The van der Waals surface area contributed by atoms with Crippen LogP contribution in [0.25, 0.3) is 0 Å². The molecular weight excluding hydrogens is 515 g/mol. The van der Waals surface area contributed by atoms with Crippen LogP contribution in [0.3, 0.4) is 0 Å². The van der Waals surface area contributed by atoms with Crippen LogP contribution in [-0.2, 0) is 14.4 Å². The molecule has 0 saturated heterocycles. The van der Waals surface area contributed by atoms with Crippen LogP contribution in [0.2, 0.25) is 4.94 Å². The van der Waals surface area contributed by atoms with Crippen LogP contribution in [0.15, 0.2) is 0 Å². The van der Waals surface area contributed by atoms with Crippen molar-refractivity contribution in [3.05, 3.63) is 0 Å². The van der Waals surface area contributed by atoms with Crippen LogP contribution in [0.4, 0.5) is 0 Å². The first-order valence-corrected chi connectivity index (χ1v) is 15.3. The topological polar surface area (TPSA) is 120 Å². The van der Waals surface area contributed by atoms with Crippen LogP contribution in [0.5, 0.6) is 0 Å². The maximum atomic E-state index is 9.92. The molecule has 0 heterocycles. The third-order valence-electron chi connectivity index (χ3n) is 4.45. The van der Waals surface area contributed by atoms with Crippen LogP contribution in [0.1, 0.15) is 136 Å². The summed E-state index contributed by atoms with van der Waals surface area (Å²) in [6.45, 7) is 6.41. The first-order chi connectivity index (χ1) is 15.3. The first-order valence-electron chi connectivity index (χ1n) is 12.4. The van der Waals surface area contributed by atoms with Gasteiger partial charge < -0.3 is 29.7 Å². The molecule has 0 saturated carbocycles. The van der Waals surface area contributed by atoms with Gasteiger partial charge in [-0.15, -0.1) is 0 Å². The fourth-order valence-corrected chi connectivity index (χ4v) is 2.62. The summed E-state index contributed by atoms with van der Waals surface area (Å²) in [6, 6.07) is 0. The summed E-state index contributed by atoms with van der Waals surface area (Å²) in [5.74, 6) is -2.76. The number of carbonyl (C=O) groups excluding carboxylic acids is 3. The van der Waals surface area contributed by atoms with Crippen LogP contribution in [0, 0.1) is 0 Å². The summed E-state index contributed by atoms with van der Waals surface area (Å²) in [5.41, 5.74) is 0. The van der Waals surface area contributed by atoms with Gasteiger partial charge in [-0.1, -0.05) is 97.8 Å². The molecule has 32 heavy (non-hydrogen) atoms. The quantitative estimate of drug-likeness (QED) is 0.186. The van der Waals surface area contributed by atoms with Crippen molar-refractivity contribution < 1.29 is 29.7 Å². The standard InChI is InChI=1S/3C8H16O2.CH3.Sn/c3*1-2-3-4-5-6-7-8(9)10;;/h3*2-7H2,1H3,(H,9,10);1H3;/q;;;;+3/p-3. The number of hydrogen-bond donors (Lipinski definition) is 0. The fraction of sp³-hybridized carbons (Fsp3) is 0.880. The van der Waals surface area contributed by atoms with Gasteiger partial charge in [0, 0.05) is 17.9 Å². The molecule has 0 aliphatic heterocycles. The molecule has 0 aromatic rings. The molecule has 0 unspecified atom stereocenters. The van der Waals surface area contributed by atoms with Crippen LogP contribution < -0.4 is 15.3 Å². The van der Waals surface area contributed by atoms with E-state index >= 15 is 0 Å². The molecule has 0 spiro atoms. The van der Waals surface area contributed by atoms with Gasteiger partial charge in [0.1, 0.15) is 0 Å². The fourth-order valence-electron chi connectivity index (χ4n) is 2.62. The minimum absolute atomic E-state index is 0.226. The molecule has 7 heteroatoms. The van der Waals surface area contributed by atoms with E-state index in [1.807, 2.05) is 0 Å². The second kappa shape index (κ2) is 37.5. The number of rotatable bonds is 18. The van der Waals surface area contributed by atoms with Crippen molar-refractivity contribution in [1.29, 1.82) is 0 Å². The Kier molecular flexibility index (Phi) is 45.1. The van der Waals surface area contributed by atoms with Gasteiger partial charge in [0.2, 0.25) is 0 Å². The van der Waals surface area contributed by atoms with Gasteiger partial charge >= 0.3 is 27.5 Å². The number of aliphatic carboxylic acids is 3. The van der Waals surface area contributed by atoms with E-state index in [4.69, 9.17) is 0 Å². The van der Waals surface area contributed by atoms with E-state index in [-0.39, 0.29) is 19.3 Å². The average Bonchev–Trinajstić information content (AvgIpc) is 2.75. The Morgan fingerprint density at radius 2 is 0.625 bits per heavy atom. The van der Waals surface area contributed by atoms with Gasteiger partial charge in [0.25, 0.3) is 0 Å². The van der Waals surface area contributed by atoms with E-state index in [0.717, 1.165) is 57.8 Å². The van der Waals surface area contributed by atoms with Crippen molar-refractivity contribution in [3.8, 4) is 0 Å². The maximum absolute atomic E-state index is 9.92. The molecule has 0 fully saturated rings. The second-order valence-corrected chi connectivity index (χ2v) is 7.61. The molecule has 0 amide bonds. The monoisotopic (exact) mass is 564 g/mol. The van der Waals surface area contributed by atoms with Gasteiger partial charge in [0.15, 0.2) is 0 Å². The molecule has 0 aliphatic rings. The normalized spacial score (nSPS) is 9.31. The summed E-state index contributed by atoms with van der Waals surface area (Å²) in [4.78, 5) is 31.9. The van der Waals surface area contributed by atoms with E-state index < -0.39 is 17.9 Å². The molecule has 0 radical (unpaired) electrons. The Balaban J connectivity index is -0.000000176. The molecule has 0 aliphatic carbocycles. The Labute approximate surface area is 211 Å². The predicted molar refractivity (Wildman–Crippen MR) is 127 cm³/mol. The van der Waals surface area contributed by atoms with Gasteiger partial charge in [-0.3, -0.25) is 0 Å². The van der Waals surface area contributed by atoms with Crippen molar-refractivity contribution >= 4 is 40.4 Å². The number of hydrogen-bond acceptors (Lipinski definition) is 6. The number of unbranched alkanes of at least 4 members (excludes halogenated alkanes) is 12. The molecular formula is C25H48O6Sn. The van der Waals surface area contributed by atoms with Gasteiger partial charge in [-0.05, 0) is 38.5 Å². The summed E-state index contributed by atoms with van der Waals surface area (Å²) in [5, 5.41) is 29.8. The zero-order valence-corrected chi connectivity index (χ0v) is 24.0. The average molecular weight is 563 g/mol. The number of carboxylic acid groups (broad SMARTS) is 3. The molecule has 0 aromatic heterocycles. The molecule has 0 aromatic carbocycles. The third-order valence-corrected chi connectivity index (χ3v) is 4.45. The summed E-state index contributed by atoms with van der Waals surface area (Å²) in [7, 11) is 0. The van der Waals surface area contributed by atoms with Gasteiger partial charge in [-0.2, -0.15) is 0 Å². The summed E-state index contributed by atoms with van der Waals surface area (Å²) < 4.78 is 0. The number of carboxylic acids is 3. The molecule has 0 atom stereocenters. The second-order valence-electron chi connectivity index (χ2n) is 7.61. The van der Waals surface area contributed by atoms with Gasteiger partial charge in [0.05, 0.1) is 0 Å². The Morgan fingerprint density at radius 3 is 0.781 bits per heavy atom. The van der Waals surface area contributed by atoms with Crippen molar-refractivity contribution in [2.75, 3.05) is 0 Å². The molecule has 0 N–H and O–H groups in total. The van der Waals surface area contributed by atoms with E-state index in [1.54, 1.807) is 22.5 Å². The van der Waals surface area contributed by atoms with Crippen molar-refractivity contribution in [3.63, 3.8) is 0 Å². The van der Waals surface area contributed by atoms with Crippen LogP contribution >= 0.6 is 0 Å². The summed E-state index contributed by atoms with van der Waals surface area (Å²) in [6.07, 6.45) is 16.8. The van der Waals surface area contributed by atoms with Crippen molar-refractivity contribution in [2.24, 2.45) is 0 Å². The molecule has 188 valence electrons. The van der Waals surface area contributed by atoms with E-state index in [9.17, 15) is 29.7 Å². The van der Waals surface area contributed by atoms with Crippen molar-refractivity contribution in [1.82, 2.24) is 0 Å². The zero-order valence-electron chi connectivity index (χ0n) is 21.2. The zero-order chi connectivity index (χ0) is 25.5. The Hall–Kier alpha value is -0.791. The van der Waals surface area contributed by atoms with Gasteiger partial charge in [-0.25, -0.2) is 0 Å². The van der Waals surface area contributed by atoms with Crippen molar-refractivity contribution in [2.45, 2.75) is 141 Å². The third kappa shape index (κ3) is 56.9. The molecule has 0 rings (SSSR count). The van der Waals surface area contributed by atoms with E-state index in [1.165, 1.54) is 38.5 Å². The van der Waals surface area contributed by atoms with E-state index in [2.05, 4.69) is 25.7 Å². The van der Waals surface area contributed by atoms with Crippen LogP contribution in [-0.4, -0.2) is 40.4 Å². The number of carbonyl (C=O) groups is 3. The minimum atomic E-state index is -0.920. The summed E-state index contributed by atoms with van der Waals surface area (Å²) >= 11 is 1.55. The first kappa shape index (κ1) is 38.5.